The Morgan fingerprint density at radius 1 is 0.857 bits per heavy atom. The predicted octanol–water partition coefficient (Wildman–Crippen LogP) is 5.96. The largest absolute Gasteiger partial charge is 0.497 e. The quantitative estimate of drug-likeness (QED) is 0.206. The molecule has 0 spiro atoms. The van der Waals surface area contributed by atoms with Crippen molar-refractivity contribution in [3.63, 3.8) is 0 Å². The summed E-state index contributed by atoms with van der Waals surface area (Å²) in [5.74, 6) is 1.80. The lowest BCUT2D eigenvalue weighted by atomic mass is 9.82. The van der Waals surface area contributed by atoms with E-state index >= 15 is 0 Å². The third-order valence-electron chi connectivity index (χ3n) is 8.13. The Kier molecular flexibility index (Phi) is 7.59. The van der Waals surface area contributed by atoms with Gasteiger partial charge in [0.15, 0.2) is 11.5 Å². The molecule has 4 aromatic carbocycles. The van der Waals surface area contributed by atoms with E-state index in [9.17, 15) is 9.90 Å². The van der Waals surface area contributed by atoms with Crippen LogP contribution in [0.5, 0.6) is 17.2 Å². The number of carbonyl (C=O) groups is 1. The third kappa shape index (κ3) is 5.08. The van der Waals surface area contributed by atoms with Crippen LogP contribution in [0, 0.1) is 0 Å². The molecular formula is C35H34N2O5. The lowest BCUT2D eigenvalue weighted by Crippen LogP contribution is -2.39. The van der Waals surface area contributed by atoms with E-state index in [0.29, 0.717) is 29.2 Å². The molecule has 214 valence electrons. The van der Waals surface area contributed by atoms with Crippen LogP contribution in [0.2, 0.25) is 0 Å². The minimum Gasteiger partial charge on any atom is -0.497 e. The van der Waals surface area contributed by atoms with Crippen LogP contribution in [0.4, 0.5) is 0 Å². The first kappa shape index (κ1) is 27.4. The van der Waals surface area contributed by atoms with Gasteiger partial charge in [-0.05, 0) is 101 Å². The second kappa shape index (κ2) is 11.6. The Balaban J connectivity index is 1.42. The summed E-state index contributed by atoms with van der Waals surface area (Å²) in [6.45, 7) is -0.190. The monoisotopic (exact) mass is 562 g/mol. The van der Waals surface area contributed by atoms with Crippen LogP contribution in [0.25, 0.3) is 33.2 Å². The number of aryl methyl sites for hydroxylation is 2. The summed E-state index contributed by atoms with van der Waals surface area (Å²) >= 11 is 0. The Bertz CT molecular complexity index is 1770. The number of H-pyrrole nitrogens is 1. The van der Waals surface area contributed by atoms with Crippen LogP contribution < -0.4 is 19.5 Å². The summed E-state index contributed by atoms with van der Waals surface area (Å²) in [4.78, 5) is 17.3. The lowest BCUT2D eigenvalue weighted by Gasteiger charge is -2.25. The highest BCUT2D eigenvalue weighted by Crippen LogP contribution is 2.43. The number of benzene rings is 4. The van der Waals surface area contributed by atoms with Gasteiger partial charge < -0.3 is 29.6 Å². The SMILES string of the molecule is COc1cccc(-c2cc3c(cc2C(=O)NC(CO)Cc2c[nH]c4ccccc24)-c2cc(OC)c(OC)cc2CC3)c1. The average Bonchev–Trinajstić information content (AvgIpc) is 3.45. The average molecular weight is 563 g/mol. The lowest BCUT2D eigenvalue weighted by molar-refractivity contribution is 0.0917. The zero-order valence-corrected chi connectivity index (χ0v) is 24.0. The molecular weight excluding hydrogens is 528 g/mol. The molecule has 1 atom stereocenters. The maximum atomic E-state index is 14.1. The Hall–Kier alpha value is -4.75. The number of carbonyl (C=O) groups excluding carboxylic acids is 1. The fourth-order valence-corrected chi connectivity index (χ4v) is 5.96. The fourth-order valence-electron chi connectivity index (χ4n) is 5.96. The van der Waals surface area contributed by atoms with Gasteiger partial charge in [0.05, 0.1) is 34.0 Å². The molecule has 1 heterocycles. The normalized spacial score (nSPS) is 12.8. The van der Waals surface area contributed by atoms with Crippen molar-refractivity contribution in [2.24, 2.45) is 0 Å². The Morgan fingerprint density at radius 3 is 2.36 bits per heavy atom. The summed E-state index contributed by atoms with van der Waals surface area (Å²) in [6.07, 6.45) is 4.11. The van der Waals surface area contributed by atoms with Gasteiger partial charge in [0.1, 0.15) is 5.75 Å². The van der Waals surface area contributed by atoms with Gasteiger partial charge in [-0.15, -0.1) is 0 Å². The molecule has 0 radical (unpaired) electrons. The third-order valence-corrected chi connectivity index (χ3v) is 8.13. The zero-order chi connectivity index (χ0) is 29.2. The van der Waals surface area contributed by atoms with Crippen molar-refractivity contribution >= 4 is 16.8 Å². The van der Waals surface area contributed by atoms with Crippen molar-refractivity contribution in [2.45, 2.75) is 25.3 Å². The highest BCUT2D eigenvalue weighted by Gasteiger charge is 2.25. The summed E-state index contributed by atoms with van der Waals surface area (Å²) in [7, 11) is 4.90. The van der Waals surface area contributed by atoms with Crippen LogP contribution in [0.15, 0.2) is 79.0 Å². The van der Waals surface area contributed by atoms with Gasteiger partial charge >= 0.3 is 0 Å². The van der Waals surface area contributed by atoms with Gasteiger partial charge in [-0.2, -0.15) is 0 Å². The van der Waals surface area contributed by atoms with E-state index in [1.54, 1.807) is 21.3 Å². The molecule has 6 rings (SSSR count). The second-order valence-electron chi connectivity index (χ2n) is 10.6. The molecule has 3 N–H and O–H groups in total. The minimum absolute atomic E-state index is 0.190. The molecule has 1 aliphatic rings. The molecule has 42 heavy (non-hydrogen) atoms. The maximum Gasteiger partial charge on any atom is 0.252 e. The van der Waals surface area contributed by atoms with E-state index < -0.39 is 6.04 Å². The molecule has 1 unspecified atom stereocenters. The predicted molar refractivity (Wildman–Crippen MR) is 165 cm³/mol. The molecule has 1 aromatic heterocycles. The number of hydrogen-bond donors (Lipinski definition) is 3. The van der Waals surface area contributed by atoms with Gasteiger partial charge in [-0.25, -0.2) is 0 Å². The standard InChI is InChI=1S/C35H34N2O5/c1-40-26-8-6-7-21(14-26)28-15-22-11-12-23-16-33(41-2)34(42-3)18-30(23)29(22)17-31(28)35(39)37-25(20-38)13-24-19-36-32-10-5-4-9-27(24)32/h4-10,14-19,25,36,38H,11-13,20H2,1-3H3,(H,37,39). The highest BCUT2D eigenvalue weighted by molar-refractivity contribution is 6.03. The van der Waals surface area contributed by atoms with Crippen LogP contribution in [-0.2, 0) is 19.3 Å². The van der Waals surface area contributed by atoms with Gasteiger partial charge in [-0.1, -0.05) is 30.3 Å². The van der Waals surface area contributed by atoms with Crippen molar-refractivity contribution in [1.82, 2.24) is 10.3 Å². The van der Waals surface area contributed by atoms with Crippen LogP contribution in [0.3, 0.4) is 0 Å². The smallest absolute Gasteiger partial charge is 0.252 e. The van der Waals surface area contributed by atoms with Crippen LogP contribution >= 0.6 is 0 Å². The molecule has 0 bridgehead atoms. The number of para-hydroxylation sites is 1. The van der Waals surface area contributed by atoms with Crippen LogP contribution in [0.1, 0.15) is 27.0 Å². The number of nitrogens with one attached hydrogen (secondary N) is 2. The molecule has 0 fully saturated rings. The molecule has 5 aromatic rings. The first-order chi connectivity index (χ1) is 20.5. The number of aliphatic hydroxyl groups excluding tert-OH is 1. The number of aromatic amines is 1. The number of ether oxygens (including phenoxy) is 3. The van der Waals surface area contributed by atoms with Crippen LogP contribution in [-0.4, -0.2) is 50.0 Å². The van der Waals surface area contributed by atoms with E-state index in [4.69, 9.17) is 14.2 Å². The van der Waals surface area contributed by atoms with Gasteiger partial charge in [0, 0.05) is 22.7 Å². The number of aromatic nitrogens is 1. The fraction of sp³-hybridized carbons (Fsp3) is 0.229. The summed E-state index contributed by atoms with van der Waals surface area (Å²) in [6, 6.07) is 23.4. The summed E-state index contributed by atoms with van der Waals surface area (Å²) in [5, 5.41) is 14.5. The van der Waals surface area contributed by atoms with E-state index in [1.165, 1.54) is 0 Å². The first-order valence-corrected chi connectivity index (χ1v) is 14.1. The van der Waals surface area contributed by atoms with Crippen molar-refractivity contribution in [3.05, 3.63) is 101 Å². The van der Waals surface area contributed by atoms with Gasteiger partial charge in [-0.3, -0.25) is 4.79 Å². The van der Waals surface area contributed by atoms with Gasteiger partial charge in [0.25, 0.3) is 5.91 Å². The summed E-state index contributed by atoms with van der Waals surface area (Å²) in [5.41, 5.74) is 8.62. The van der Waals surface area contributed by atoms with Crippen molar-refractivity contribution in [1.29, 1.82) is 0 Å². The molecule has 0 aliphatic heterocycles. The van der Waals surface area contributed by atoms with Crippen molar-refractivity contribution < 1.29 is 24.1 Å². The number of aliphatic hydroxyl groups is 1. The van der Waals surface area contributed by atoms with Crippen molar-refractivity contribution in [2.75, 3.05) is 27.9 Å². The Labute approximate surface area is 245 Å². The van der Waals surface area contributed by atoms with E-state index in [2.05, 4.69) is 16.4 Å². The molecule has 1 aliphatic carbocycles. The maximum absolute atomic E-state index is 14.1. The number of amides is 1. The van der Waals surface area contributed by atoms with E-state index in [-0.39, 0.29) is 12.5 Å². The van der Waals surface area contributed by atoms with E-state index in [1.807, 2.05) is 72.9 Å². The zero-order valence-electron chi connectivity index (χ0n) is 24.0. The van der Waals surface area contributed by atoms with Crippen molar-refractivity contribution in [3.8, 4) is 39.5 Å². The Morgan fingerprint density at radius 2 is 1.60 bits per heavy atom. The number of methoxy groups -OCH3 is 3. The first-order valence-electron chi connectivity index (χ1n) is 14.1. The molecule has 7 heteroatoms. The number of hydrogen-bond acceptors (Lipinski definition) is 5. The number of rotatable bonds is 9. The number of fused-ring (bicyclic) bond motifs is 4. The topological polar surface area (TPSA) is 92.8 Å². The molecule has 1 amide bonds. The molecule has 7 nitrogen and oxygen atoms in total. The highest BCUT2D eigenvalue weighted by atomic mass is 16.5. The van der Waals surface area contributed by atoms with E-state index in [0.717, 1.165) is 62.7 Å². The molecule has 0 saturated carbocycles. The second-order valence-corrected chi connectivity index (χ2v) is 10.6. The summed E-state index contributed by atoms with van der Waals surface area (Å²) < 4.78 is 16.7. The van der Waals surface area contributed by atoms with Gasteiger partial charge in [0.2, 0.25) is 0 Å². The molecule has 0 saturated heterocycles. The minimum atomic E-state index is -0.470.